The van der Waals surface area contributed by atoms with E-state index in [0.29, 0.717) is 0 Å². The molecule has 0 bridgehead atoms. The second kappa shape index (κ2) is 52.7. The first-order valence-electron chi connectivity index (χ1n) is 27.2. The van der Waals surface area contributed by atoms with E-state index < -0.39 is 0 Å². The maximum Gasteiger partial charge on any atom is -0.00187 e. The summed E-state index contributed by atoms with van der Waals surface area (Å²) in [6.45, 7) is 11.0. The Bertz CT molecular complexity index is 647. The van der Waals surface area contributed by atoms with Crippen molar-refractivity contribution in [3.8, 4) is 0 Å². The lowest BCUT2D eigenvalue weighted by Crippen LogP contribution is -2.27. The summed E-state index contributed by atoms with van der Waals surface area (Å²) in [4.78, 5) is 2.88. The van der Waals surface area contributed by atoms with E-state index in [1.54, 1.807) is 0 Å². The van der Waals surface area contributed by atoms with Gasteiger partial charge in [0.25, 0.3) is 0 Å². The zero-order chi connectivity index (χ0) is 40.3. The minimum atomic E-state index is 1.31. The topological polar surface area (TPSA) is 3.24 Å². The number of unbranched alkanes of at least 4 members (excludes halogenated alkanes) is 43. The van der Waals surface area contributed by atoms with E-state index in [9.17, 15) is 0 Å². The van der Waals surface area contributed by atoms with Gasteiger partial charge in [0.05, 0.1) is 0 Å². The first-order chi connectivity index (χ1) is 27.8. The molecule has 0 aliphatic rings. The van der Waals surface area contributed by atoms with Crippen LogP contribution in [0.5, 0.6) is 0 Å². The highest BCUT2D eigenvalue weighted by Crippen LogP contribution is 2.17. The van der Waals surface area contributed by atoms with E-state index >= 15 is 0 Å². The normalized spacial score (nSPS) is 11.9. The maximum atomic E-state index is 2.88. The Morgan fingerprint density at radius 2 is 0.357 bits per heavy atom. The Morgan fingerprint density at radius 1 is 0.196 bits per heavy atom. The molecule has 0 aromatic carbocycles. The van der Waals surface area contributed by atoms with Crippen LogP contribution in [0.3, 0.4) is 0 Å². The molecule has 1 nitrogen and oxygen atoms in total. The average molecular weight is 786 g/mol. The van der Waals surface area contributed by atoms with Crippen molar-refractivity contribution in [3.63, 3.8) is 0 Å². The summed E-state index contributed by atoms with van der Waals surface area (Å²) >= 11 is 0. The number of rotatable bonds is 51. The van der Waals surface area contributed by atoms with Crippen molar-refractivity contribution < 1.29 is 0 Å². The summed E-state index contributed by atoms with van der Waals surface area (Å²) in [5.74, 6) is 0. The van der Waals surface area contributed by atoms with Crippen LogP contribution in [0.15, 0.2) is 12.2 Å². The Morgan fingerprint density at radius 3 is 0.554 bits per heavy atom. The standard InChI is InChI=1S/C55H111N/c1-4-7-10-13-16-19-22-25-28-31-34-37-40-43-46-49-52-55-56(53-50-47-44-41-38-35-32-29-26-23-20-17-14-11-8-5-2)54-51-48-45-42-39-36-33-30-27-24-21-18-15-12-9-6-3/h25,28H,4-24,26-27,29-55H2,1-3H3/b28-25-. The van der Waals surface area contributed by atoms with Crippen molar-refractivity contribution in [2.45, 2.75) is 323 Å². The van der Waals surface area contributed by atoms with Crippen LogP contribution >= 0.6 is 0 Å². The molecule has 0 aliphatic carbocycles. The van der Waals surface area contributed by atoms with Gasteiger partial charge in [0.1, 0.15) is 0 Å². The predicted molar refractivity (Wildman–Crippen MR) is 260 cm³/mol. The summed E-state index contributed by atoms with van der Waals surface area (Å²) < 4.78 is 0. The Kier molecular flexibility index (Phi) is 52.4. The smallest absolute Gasteiger partial charge is 0.00187 e. The molecule has 0 atom stereocenters. The molecule has 0 N–H and O–H groups in total. The van der Waals surface area contributed by atoms with E-state index in [0.717, 1.165) is 0 Å². The molecule has 0 aromatic rings. The quantitative estimate of drug-likeness (QED) is 0.0439. The molecule has 336 valence electrons. The van der Waals surface area contributed by atoms with Gasteiger partial charge in [-0.25, -0.2) is 0 Å². The maximum absolute atomic E-state index is 2.88. The molecule has 0 saturated carbocycles. The third kappa shape index (κ3) is 49.8. The van der Waals surface area contributed by atoms with Gasteiger partial charge < -0.3 is 4.90 Å². The van der Waals surface area contributed by atoms with Gasteiger partial charge in [-0.2, -0.15) is 0 Å². The zero-order valence-corrected chi connectivity index (χ0v) is 40.0. The van der Waals surface area contributed by atoms with Crippen molar-refractivity contribution >= 4 is 0 Å². The molecule has 0 aromatic heterocycles. The summed E-state index contributed by atoms with van der Waals surface area (Å²) in [7, 11) is 0. The number of nitrogens with zero attached hydrogens (tertiary/aromatic N) is 1. The fourth-order valence-electron chi connectivity index (χ4n) is 8.86. The van der Waals surface area contributed by atoms with Gasteiger partial charge >= 0.3 is 0 Å². The summed E-state index contributed by atoms with van der Waals surface area (Å²) in [6, 6.07) is 0. The molecule has 0 aliphatic heterocycles. The van der Waals surface area contributed by atoms with Gasteiger partial charge in [-0.05, 0) is 64.6 Å². The Balaban J connectivity index is 3.98. The van der Waals surface area contributed by atoms with Crippen LogP contribution in [0.1, 0.15) is 323 Å². The van der Waals surface area contributed by atoms with E-state index in [4.69, 9.17) is 0 Å². The number of hydrogen-bond acceptors (Lipinski definition) is 1. The summed E-state index contributed by atoms with van der Waals surface area (Å²) in [5.41, 5.74) is 0. The van der Waals surface area contributed by atoms with Crippen LogP contribution in [0, 0.1) is 0 Å². The lowest BCUT2D eigenvalue weighted by Gasteiger charge is -2.22. The van der Waals surface area contributed by atoms with Crippen molar-refractivity contribution in [1.82, 2.24) is 4.90 Å². The fourth-order valence-corrected chi connectivity index (χ4v) is 8.86. The van der Waals surface area contributed by atoms with Crippen LogP contribution in [-0.2, 0) is 0 Å². The van der Waals surface area contributed by atoms with Crippen LogP contribution in [-0.4, -0.2) is 24.5 Å². The van der Waals surface area contributed by atoms with Gasteiger partial charge in [0.15, 0.2) is 0 Å². The van der Waals surface area contributed by atoms with E-state index in [1.807, 2.05) is 0 Å². The summed E-state index contributed by atoms with van der Waals surface area (Å²) in [6.07, 6.45) is 73.1. The molecule has 0 radical (unpaired) electrons. The van der Waals surface area contributed by atoms with Gasteiger partial charge in [0.2, 0.25) is 0 Å². The highest BCUT2D eigenvalue weighted by atomic mass is 15.1. The number of allylic oxidation sites excluding steroid dienone is 2. The molecule has 0 fully saturated rings. The van der Waals surface area contributed by atoms with Gasteiger partial charge in [-0.1, -0.05) is 290 Å². The first kappa shape index (κ1) is 55.7. The van der Waals surface area contributed by atoms with Crippen LogP contribution in [0.4, 0.5) is 0 Å². The predicted octanol–water partition coefficient (Wildman–Crippen LogP) is 20.2. The molecule has 0 saturated heterocycles. The average Bonchev–Trinajstić information content (AvgIpc) is 3.21. The monoisotopic (exact) mass is 786 g/mol. The van der Waals surface area contributed by atoms with Gasteiger partial charge in [-0.15, -0.1) is 0 Å². The van der Waals surface area contributed by atoms with E-state index in [2.05, 4.69) is 37.8 Å². The number of hydrogen-bond donors (Lipinski definition) is 0. The van der Waals surface area contributed by atoms with E-state index in [1.165, 1.54) is 321 Å². The highest BCUT2D eigenvalue weighted by Gasteiger charge is 2.06. The van der Waals surface area contributed by atoms with Crippen molar-refractivity contribution in [2.75, 3.05) is 19.6 Å². The molecule has 56 heavy (non-hydrogen) atoms. The second-order valence-electron chi connectivity index (χ2n) is 18.7. The van der Waals surface area contributed by atoms with Crippen LogP contribution < -0.4 is 0 Å². The van der Waals surface area contributed by atoms with Crippen molar-refractivity contribution in [3.05, 3.63) is 12.2 Å². The first-order valence-corrected chi connectivity index (χ1v) is 27.2. The molecule has 0 heterocycles. The van der Waals surface area contributed by atoms with Gasteiger partial charge in [0, 0.05) is 0 Å². The fraction of sp³-hybridized carbons (Fsp3) is 0.964. The van der Waals surface area contributed by atoms with Crippen LogP contribution in [0.2, 0.25) is 0 Å². The molecule has 0 amide bonds. The van der Waals surface area contributed by atoms with Crippen molar-refractivity contribution in [2.24, 2.45) is 0 Å². The molecule has 0 spiro atoms. The molecule has 1 heteroatoms. The van der Waals surface area contributed by atoms with Crippen molar-refractivity contribution in [1.29, 1.82) is 0 Å². The lowest BCUT2D eigenvalue weighted by atomic mass is 10.0. The molecular weight excluding hydrogens is 675 g/mol. The minimum Gasteiger partial charge on any atom is -0.303 e. The second-order valence-corrected chi connectivity index (χ2v) is 18.7. The molecule has 0 unspecified atom stereocenters. The third-order valence-corrected chi connectivity index (χ3v) is 12.9. The SMILES string of the molecule is CCCCCCCC/C=C\CCCCCCCCCN(CCCCCCCCCCCCCCCCCC)CCCCCCCCCCCCCCCCCC. The van der Waals surface area contributed by atoms with E-state index in [-0.39, 0.29) is 0 Å². The molecular formula is C55H111N. The minimum absolute atomic E-state index is 1.31. The Labute approximate surface area is 358 Å². The molecule has 0 rings (SSSR count). The van der Waals surface area contributed by atoms with Crippen LogP contribution in [0.25, 0.3) is 0 Å². The third-order valence-electron chi connectivity index (χ3n) is 12.9. The zero-order valence-electron chi connectivity index (χ0n) is 40.0. The van der Waals surface area contributed by atoms with Gasteiger partial charge in [-0.3, -0.25) is 0 Å². The highest BCUT2D eigenvalue weighted by molar-refractivity contribution is 4.81. The summed E-state index contributed by atoms with van der Waals surface area (Å²) in [5, 5.41) is 0. The largest absolute Gasteiger partial charge is 0.303 e. The Hall–Kier alpha value is -0.300. The lowest BCUT2D eigenvalue weighted by molar-refractivity contribution is 0.254.